The molecule has 0 aromatic heterocycles. The van der Waals surface area contributed by atoms with E-state index in [1.54, 1.807) is 24.3 Å². The smallest absolute Gasteiger partial charge is 0.307 e. The fraction of sp³-hybridized carbons (Fsp3) is 0.474. The Hall–Kier alpha value is -2.30. The molecule has 1 aromatic carbocycles. The van der Waals surface area contributed by atoms with E-state index in [9.17, 15) is 14.7 Å². The fourth-order valence-electron chi connectivity index (χ4n) is 4.60. The van der Waals surface area contributed by atoms with Crippen molar-refractivity contribution in [2.24, 2.45) is 35.5 Å². The molecule has 5 nitrogen and oxygen atoms in total. The zero-order valence-corrected chi connectivity index (χ0v) is 13.5. The van der Waals surface area contributed by atoms with E-state index in [1.165, 1.54) is 0 Å². The second-order valence-electron chi connectivity index (χ2n) is 6.94. The van der Waals surface area contributed by atoms with Gasteiger partial charge < -0.3 is 15.2 Å². The molecule has 5 heteroatoms. The number of carboxylic acid groups (broad SMARTS) is 1. The molecule has 2 bridgehead atoms. The maximum Gasteiger partial charge on any atom is 0.307 e. The second kappa shape index (κ2) is 5.65. The Kier molecular flexibility index (Phi) is 3.59. The van der Waals surface area contributed by atoms with Crippen LogP contribution in [-0.4, -0.2) is 23.6 Å². The number of nitrogens with one attached hydrogen (secondary N) is 1. The summed E-state index contributed by atoms with van der Waals surface area (Å²) in [5, 5.41) is 12.5. The summed E-state index contributed by atoms with van der Waals surface area (Å²) in [6, 6.07) is 7.18. The van der Waals surface area contributed by atoms with E-state index >= 15 is 0 Å². The molecule has 0 heterocycles. The highest BCUT2D eigenvalue weighted by Gasteiger charge is 2.62. The summed E-state index contributed by atoms with van der Waals surface area (Å²) in [4.78, 5) is 24.6. The van der Waals surface area contributed by atoms with Crippen molar-refractivity contribution >= 4 is 17.6 Å². The molecule has 126 valence electrons. The van der Waals surface area contributed by atoms with E-state index < -0.39 is 17.8 Å². The average Bonchev–Trinajstić information content (AvgIpc) is 3.38. The van der Waals surface area contributed by atoms with Crippen molar-refractivity contribution in [2.45, 2.75) is 13.3 Å². The molecule has 0 aliphatic heterocycles. The Morgan fingerprint density at radius 2 is 1.75 bits per heavy atom. The van der Waals surface area contributed by atoms with E-state index in [0.717, 1.165) is 12.2 Å². The largest absolute Gasteiger partial charge is 0.494 e. The van der Waals surface area contributed by atoms with Gasteiger partial charge in [0.2, 0.25) is 5.91 Å². The Labute approximate surface area is 140 Å². The predicted molar refractivity (Wildman–Crippen MR) is 88.6 cm³/mol. The number of carbonyl (C=O) groups is 2. The summed E-state index contributed by atoms with van der Waals surface area (Å²) < 4.78 is 5.39. The first-order valence-electron chi connectivity index (χ1n) is 8.55. The van der Waals surface area contributed by atoms with Gasteiger partial charge in [0.1, 0.15) is 5.75 Å². The van der Waals surface area contributed by atoms with E-state index in [1.807, 2.05) is 13.0 Å². The quantitative estimate of drug-likeness (QED) is 0.816. The molecule has 1 aromatic rings. The lowest BCUT2D eigenvalue weighted by atomic mass is 9.62. The molecule has 4 aliphatic carbocycles. The summed E-state index contributed by atoms with van der Waals surface area (Å²) in [5.74, 6) is -0.346. The maximum atomic E-state index is 12.8. The number of anilines is 1. The number of hydrogen-bond acceptors (Lipinski definition) is 3. The van der Waals surface area contributed by atoms with Crippen molar-refractivity contribution in [1.29, 1.82) is 0 Å². The van der Waals surface area contributed by atoms with Crippen LogP contribution in [0.3, 0.4) is 0 Å². The normalized spacial score (nSPS) is 35.2. The molecule has 2 fully saturated rings. The number of carbonyl (C=O) groups excluding carboxylic acids is 1. The zero-order valence-electron chi connectivity index (χ0n) is 13.5. The Bertz CT molecular complexity index is 696. The first-order valence-corrected chi connectivity index (χ1v) is 8.55. The van der Waals surface area contributed by atoms with Gasteiger partial charge in [-0.1, -0.05) is 12.2 Å². The minimum Gasteiger partial charge on any atom is -0.494 e. The fourth-order valence-corrected chi connectivity index (χ4v) is 4.60. The predicted octanol–water partition coefficient (Wildman–Crippen LogP) is 2.79. The highest BCUT2D eigenvalue weighted by atomic mass is 16.5. The third kappa shape index (κ3) is 2.39. The number of aliphatic carboxylic acids is 1. The second-order valence-corrected chi connectivity index (χ2v) is 6.94. The molecule has 2 N–H and O–H groups in total. The molecule has 0 spiro atoms. The van der Waals surface area contributed by atoms with Crippen molar-refractivity contribution in [2.75, 3.05) is 11.9 Å². The van der Waals surface area contributed by atoms with Crippen LogP contribution >= 0.6 is 0 Å². The molecule has 24 heavy (non-hydrogen) atoms. The summed E-state index contributed by atoms with van der Waals surface area (Å²) in [5.41, 5.74) is 0.672. The van der Waals surface area contributed by atoms with Gasteiger partial charge in [0.05, 0.1) is 18.4 Å². The first-order chi connectivity index (χ1) is 11.6. The lowest BCUT2D eigenvalue weighted by Crippen LogP contribution is -2.48. The van der Waals surface area contributed by atoms with E-state index in [-0.39, 0.29) is 17.7 Å². The van der Waals surface area contributed by atoms with E-state index in [0.29, 0.717) is 24.1 Å². The maximum absolute atomic E-state index is 12.8. The number of rotatable bonds is 5. The molecule has 0 unspecified atom stereocenters. The number of benzene rings is 1. The van der Waals surface area contributed by atoms with Gasteiger partial charge in [-0.2, -0.15) is 0 Å². The van der Waals surface area contributed by atoms with Crippen molar-refractivity contribution in [3.8, 4) is 5.75 Å². The summed E-state index contributed by atoms with van der Waals surface area (Å²) in [6.07, 6.45) is 5.15. The highest BCUT2D eigenvalue weighted by molar-refractivity contribution is 5.96. The number of hydrogen-bond donors (Lipinski definition) is 2. The van der Waals surface area contributed by atoms with Gasteiger partial charge >= 0.3 is 5.97 Å². The molecule has 5 rings (SSSR count). The van der Waals surface area contributed by atoms with Crippen molar-refractivity contribution < 1.29 is 19.4 Å². The lowest BCUT2D eigenvalue weighted by Gasteiger charge is -2.41. The number of ether oxygens (including phenoxy) is 1. The highest BCUT2D eigenvalue weighted by Crippen LogP contribution is 2.63. The molecule has 1 amide bonds. The van der Waals surface area contributed by atoms with Crippen LogP contribution in [0.15, 0.2) is 36.4 Å². The van der Waals surface area contributed by atoms with Gasteiger partial charge in [0, 0.05) is 5.69 Å². The third-order valence-corrected chi connectivity index (χ3v) is 5.67. The molecular weight excluding hydrogens is 306 g/mol. The van der Waals surface area contributed by atoms with Crippen molar-refractivity contribution in [1.82, 2.24) is 0 Å². The van der Waals surface area contributed by atoms with Crippen LogP contribution < -0.4 is 10.1 Å². The molecule has 6 atom stereocenters. The Morgan fingerprint density at radius 1 is 1.12 bits per heavy atom. The zero-order chi connectivity index (χ0) is 16.8. The van der Waals surface area contributed by atoms with Gasteiger partial charge in [-0.3, -0.25) is 9.59 Å². The minimum absolute atomic E-state index is 0.00794. The summed E-state index contributed by atoms with van der Waals surface area (Å²) >= 11 is 0. The molecule has 4 aliphatic rings. The monoisotopic (exact) mass is 327 g/mol. The molecule has 2 saturated carbocycles. The Balaban J connectivity index is 1.53. The standard InChI is InChI=1S/C19H21NO4/c1-2-24-11-5-3-10(4-6-11)20-18(21)16-12-7-8-13(15-9-14(12)15)17(16)19(22)23/h3-8,12-17H,2,9H2,1H3,(H,20,21)(H,22,23)/t12-,13-,14-,15-,16+,17+/m0/s1. The van der Waals surface area contributed by atoms with Crippen molar-refractivity contribution in [3.05, 3.63) is 36.4 Å². The van der Waals surface area contributed by atoms with Gasteiger partial charge in [0.15, 0.2) is 0 Å². The van der Waals surface area contributed by atoms with Gasteiger partial charge in [-0.25, -0.2) is 0 Å². The van der Waals surface area contributed by atoms with E-state index in [4.69, 9.17) is 4.74 Å². The van der Waals surface area contributed by atoms with Crippen LogP contribution in [0.2, 0.25) is 0 Å². The number of amides is 1. The van der Waals surface area contributed by atoms with Gasteiger partial charge in [-0.05, 0) is 61.3 Å². The number of carboxylic acids is 1. The van der Waals surface area contributed by atoms with Crippen LogP contribution in [0.4, 0.5) is 5.69 Å². The summed E-state index contributed by atoms with van der Waals surface area (Å²) in [6.45, 7) is 2.50. The first kappa shape index (κ1) is 15.2. The van der Waals surface area contributed by atoms with Crippen LogP contribution in [0.25, 0.3) is 0 Å². The molecule has 0 saturated heterocycles. The van der Waals surface area contributed by atoms with E-state index in [2.05, 4.69) is 11.4 Å². The van der Waals surface area contributed by atoms with Crippen molar-refractivity contribution in [3.63, 3.8) is 0 Å². The minimum atomic E-state index is -0.855. The van der Waals surface area contributed by atoms with Gasteiger partial charge in [0.25, 0.3) is 0 Å². The molecule has 0 radical (unpaired) electrons. The molecular formula is C19H21NO4. The van der Waals surface area contributed by atoms with Crippen LogP contribution in [-0.2, 0) is 9.59 Å². The average molecular weight is 327 g/mol. The topological polar surface area (TPSA) is 75.6 Å². The van der Waals surface area contributed by atoms with Crippen LogP contribution in [0.5, 0.6) is 5.75 Å². The van der Waals surface area contributed by atoms with Crippen LogP contribution in [0, 0.1) is 35.5 Å². The SMILES string of the molecule is CCOc1ccc(NC(=O)[C@@H]2[C@H]3C=C[C@@H]([C@@H]4C[C@@H]34)[C@H]2C(=O)O)cc1. The number of allylic oxidation sites excluding steroid dienone is 2. The summed E-state index contributed by atoms with van der Waals surface area (Å²) in [7, 11) is 0. The van der Waals surface area contributed by atoms with Gasteiger partial charge in [-0.15, -0.1) is 0 Å². The lowest BCUT2D eigenvalue weighted by molar-refractivity contribution is -0.152. The Morgan fingerprint density at radius 3 is 2.33 bits per heavy atom. The number of fused-ring (bicyclic) bond motifs is 1. The van der Waals surface area contributed by atoms with Crippen LogP contribution in [0.1, 0.15) is 13.3 Å². The third-order valence-electron chi connectivity index (χ3n) is 5.67.